The first-order valence-corrected chi connectivity index (χ1v) is 8.71. The van der Waals surface area contributed by atoms with E-state index < -0.39 is 6.10 Å². The van der Waals surface area contributed by atoms with Gasteiger partial charge in [-0.2, -0.15) is 0 Å². The molecule has 0 bridgehead atoms. The number of hydrogen-bond donors (Lipinski definition) is 2. The van der Waals surface area contributed by atoms with Gasteiger partial charge in [0.1, 0.15) is 0 Å². The van der Waals surface area contributed by atoms with Crippen LogP contribution in [0.1, 0.15) is 55.5 Å². The van der Waals surface area contributed by atoms with Gasteiger partial charge in [-0.25, -0.2) is 0 Å². The molecule has 0 amide bonds. The molecule has 1 aromatic heterocycles. The van der Waals surface area contributed by atoms with Crippen molar-refractivity contribution in [3.05, 3.63) is 21.4 Å². The van der Waals surface area contributed by atoms with Gasteiger partial charge in [-0.1, -0.05) is 13.8 Å². The second kappa shape index (κ2) is 8.89. The molecule has 0 fully saturated rings. The molecule has 0 radical (unpaired) electrons. The number of rotatable bonds is 9. The summed E-state index contributed by atoms with van der Waals surface area (Å²) in [5.41, 5.74) is 1.33. The highest BCUT2D eigenvalue weighted by Gasteiger charge is 2.14. The minimum absolute atomic E-state index is 0.207. The predicted octanol–water partition coefficient (Wildman–Crippen LogP) is 3.83. The fraction of sp³-hybridized carbons (Fsp3) is 0.765. The molecule has 0 aromatic carbocycles. The molecule has 0 aliphatic heterocycles. The van der Waals surface area contributed by atoms with E-state index in [1.165, 1.54) is 15.3 Å². The maximum atomic E-state index is 10.0. The van der Waals surface area contributed by atoms with Crippen LogP contribution in [0.25, 0.3) is 0 Å². The van der Waals surface area contributed by atoms with E-state index >= 15 is 0 Å². The lowest BCUT2D eigenvalue weighted by molar-refractivity contribution is -0.00914. The third-order valence-electron chi connectivity index (χ3n) is 3.58. The normalized spacial score (nSPS) is 16.2. The van der Waals surface area contributed by atoms with Crippen molar-refractivity contribution >= 4 is 11.3 Å². The number of aliphatic hydroxyl groups is 1. The van der Waals surface area contributed by atoms with Crippen LogP contribution in [0.15, 0.2) is 6.07 Å². The Kier molecular flexibility index (Phi) is 7.88. The van der Waals surface area contributed by atoms with E-state index in [1.807, 2.05) is 11.3 Å². The lowest BCUT2D eigenvalue weighted by atomic mass is 10.1. The molecule has 1 heterocycles. The molecular weight excluding hydrogens is 282 g/mol. The van der Waals surface area contributed by atoms with Crippen LogP contribution in [-0.4, -0.2) is 30.5 Å². The lowest BCUT2D eigenvalue weighted by Crippen LogP contribution is -2.33. The molecule has 0 aliphatic rings. The molecule has 3 nitrogen and oxygen atoms in total. The Morgan fingerprint density at radius 1 is 1.24 bits per heavy atom. The van der Waals surface area contributed by atoms with Crippen LogP contribution in [0, 0.1) is 19.8 Å². The number of aliphatic hydroxyl groups excluding tert-OH is 1. The van der Waals surface area contributed by atoms with Gasteiger partial charge in [0, 0.05) is 22.3 Å². The van der Waals surface area contributed by atoms with Crippen molar-refractivity contribution in [3.63, 3.8) is 0 Å². The van der Waals surface area contributed by atoms with Gasteiger partial charge in [-0.3, -0.25) is 0 Å². The van der Waals surface area contributed by atoms with Crippen molar-refractivity contribution in [2.45, 2.75) is 66.2 Å². The molecule has 3 unspecified atom stereocenters. The quantitative estimate of drug-likeness (QED) is 0.728. The molecule has 0 aliphatic carbocycles. The number of hydrogen-bond acceptors (Lipinski definition) is 4. The van der Waals surface area contributed by atoms with E-state index in [4.69, 9.17) is 4.74 Å². The summed E-state index contributed by atoms with van der Waals surface area (Å²) >= 11 is 1.82. The van der Waals surface area contributed by atoms with E-state index in [9.17, 15) is 5.11 Å². The van der Waals surface area contributed by atoms with Crippen molar-refractivity contribution in [1.82, 2.24) is 5.32 Å². The summed E-state index contributed by atoms with van der Waals surface area (Å²) in [4.78, 5) is 2.69. The Balaban J connectivity index is 2.29. The van der Waals surface area contributed by atoms with Crippen molar-refractivity contribution in [1.29, 1.82) is 0 Å². The molecule has 0 saturated heterocycles. The highest BCUT2D eigenvalue weighted by atomic mass is 32.1. The summed E-state index contributed by atoms with van der Waals surface area (Å²) in [6, 6.07) is 2.49. The van der Waals surface area contributed by atoms with Gasteiger partial charge in [-0.05, 0) is 51.7 Å². The number of ether oxygens (including phenoxy) is 1. The Morgan fingerprint density at radius 3 is 2.43 bits per heavy atom. The largest absolute Gasteiger partial charge is 0.389 e. The summed E-state index contributed by atoms with van der Waals surface area (Å²) in [6.45, 7) is 13.8. The Bertz CT molecular complexity index is 417. The fourth-order valence-corrected chi connectivity index (χ4v) is 3.59. The molecule has 0 spiro atoms. The van der Waals surface area contributed by atoms with Crippen molar-refractivity contribution in [2.24, 2.45) is 5.92 Å². The molecule has 3 atom stereocenters. The van der Waals surface area contributed by atoms with Crippen LogP contribution >= 0.6 is 11.3 Å². The highest BCUT2D eigenvalue weighted by Crippen LogP contribution is 2.25. The van der Waals surface area contributed by atoms with Crippen molar-refractivity contribution < 1.29 is 9.84 Å². The van der Waals surface area contributed by atoms with Gasteiger partial charge in [-0.15, -0.1) is 11.3 Å². The van der Waals surface area contributed by atoms with Crippen LogP contribution in [0.2, 0.25) is 0 Å². The third-order valence-corrected chi connectivity index (χ3v) is 4.56. The summed E-state index contributed by atoms with van der Waals surface area (Å²) in [6.07, 6.45) is 0.783. The summed E-state index contributed by atoms with van der Waals surface area (Å²) in [7, 11) is 0. The SMILES string of the molecule is Cc1cc(C(C)NCC(O)COC(C)CC(C)C)c(C)s1. The first-order valence-electron chi connectivity index (χ1n) is 7.89. The molecule has 1 rings (SSSR count). The summed E-state index contributed by atoms with van der Waals surface area (Å²) in [5, 5.41) is 13.4. The van der Waals surface area contributed by atoms with Crippen LogP contribution < -0.4 is 5.32 Å². The van der Waals surface area contributed by atoms with E-state index in [0.29, 0.717) is 19.1 Å². The average Bonchev–Trinajstić information content (AvgIpc) is 2.72. The van der Waals surface area contributed by atoms with Gasteiger partial charge < -0.3 is 15.2 Å². The maximum absolute atomic E-state index is 10.0. The standard InChI is InChI=1S/C17H31NO2S/c1-11(2)7-12(3)20-10-16(19)9-18-14(5)17-8-13(4)21-15(17)6/h8,11-12,14,16,18-19H,7,9-10H2,1-6H3. The lowest BCUT2D eigenvalue weighted by Gasteiger charge is -2.20. The van der Waals surface area contributed by atoms with Crippen LogP contribution in [0.4, 0.5) is 0 Å². The first kappa shape index (κ1) is 18.6. The Labute approximate surface area is 133 Å². The number of nitrogens with one attached hydrogen (secondary N) is 1. The van der Waals surface area contributed by atoms with Gasteiger partial charge in [0.2, 0.25) is 0 Å². The van der Waals surface area contributed by atoms with Gasteiger partial charge >= 0.3 is 0 Å². The molecule has 122 valence electrons. The topological polar surface area (TPSA) is 41.5 Å². The molecule has 4 heteroatoms. The zero-order valence-corrected chi connectivity index (χ0v) is 15.1. The number of aryl methyl sites for hydroxylation is 2. The Morgan fingerprint density at radius 2 is 1.90 bits per heavy atom. The minimum atomic E-state index is -0.456. The van der Waals surface area contributed by atoms with Crippen LogP contribution in [0.5, 0.6) is 0 Å². The second-order valence-corrected chi connectivity index (χ2v) is 7.89. The molecular formula is C17H31NO2S. The van der Waals surface area contributed by atoms with Gasteiger partial charge in [0.15, 0.2) is 0 Å². The fourth-order valence-electron chi connectivity index (χ4n) is 2.57. The minimum Gasteiger partial charge on any atom is -0.389 e. The zero-order valence-electron chi connectivity index (χ0n) is 14.3. The van der Waals surface area contributed by atoms with E-state index in [1.54, 1.807) is 0 Å². The van der Waals surface area contributed by atoms with Gasteiger partial charge in [0.25, 0.3) is 0 Å². The monoisotopic (exact) mass is 313 g/mol. The first-order chi connectivity index (χ1) is 9.79. The van der Waals surface area contributed by atoms with Gasteiger partial charge in [0.05, 0.1) is 18.8 Å². The predicted molar refractivity (Wildman–Crippen MR) is 91.1 cm³/mol. The summed E-state index contributed by atoms with van der Waals surface area (Å²) in [5.74, 6) is 0.625. The average molecular weight is 314 g/mol. The molecule has 2 N–H and O–H groups in total. The maximum Gasteiger partial charge on any atom is 0.0898 e. The zero-order chi connectivity index (χ0) is 16.0. The molecule has 1 aromatic rings. The third kappa shape index (κ3) is 6.92. The highest BCUT2D eigenvalue weighted by molar-refractivity contribution is 7.12. The van der Waals surface area contributed by atoms with E-state index in [-0.39, 0.29) is 12.1 Å². The molecule has 21 heavy (non-hydrogen) atoms. The smallest absolute Gasteiger partial charge is 0.0898 e. The molecule has 0 saturated carbocycles. The Hall–Kier alpha value is -0.420. The van der Waals surface area contributed by atoms with Crippen molar-refractivity contribution in [3.8, 4) is 0 Å². The number of thiophene rings is 1. The van der Waals surface area contributed by atoms with E-state index in [0.717, 1.165) is 6.42 Å². The summed E-state index contributed by atoms with van der Waals surface area (Å²) < 4.78 is 5.69. The second-order valence-electron chi connectivity index (χ2n) is 6.43. The van der Waals surface area contributed by atoms with Crippen LogP contribution in [0.3, 0.4) is 0 Å². The van der Waals surface area contributed by atoms with E-state index in [2.05, 4.69) is 52.9 Å². The van der Waals surface area contributed by atoms with Crippen molar-refractivity contribution in [2.75, 3.05) is 13.2 Å². The van der Waals surface area contributed by atoms with Crippen LogP contribution in [-0.2, 0) is 4.74 Å².